The smallest absolute Gasteiger partial charge is 0.450 e. The number of cyclic esters (lactones) is 1. The van der Waals surface area contributed by atoms with Gasteiger partial charge in [-0.15, -0.1) is 0 Å². The molecule has 0 spiro atoms. The van der Waals surface area contributed by atoms with Crippen LogP contribution in [0.3, 0.4) is 0 Å². The van der Waals surface area contributed by atoms with Gasteiger partial charge in [0.2, 0.25) is 5.78 Å². The molecule has 104 valence electrons. The summed E-state index contributed by atoms with van der Waals surface area (Å²) < 4.78 is 41.5. The number of halogens is 3. The minimum atomic E-state index is -4.96. The number of esters is 1. The second kappa shape index (κ2) is 6.20. The largest absolute Gasteiger partial charge is 0.462 e. The SMILES string of the molecule is CCCCCC1CCC(C(=O)C(F)(F)F)C(=O)O1. The van der Waals surface area contributed by atoms with Gasteiger partial charge in [-0.25, -0.2) is 0 Å². The standard InChI is InChI=1S/C12H17F3O3/c1-2-3-4-5-8-6-7-9(11(17)18-8)10(16)12(13,14)15/h8-9H,2-7H2,1H3. The van der Waals surface area contributed by atoms with E-state index in [4.69, 9.17) is 4.74 Å². The molecule has 3 nitrogen and oxygen atoms in total. The lowest BCUT2D eigenvalue weighted by Crippen LogP contribution is -2.41. The summed E-state index contributed by atoms with van der Waals surface area (Å²) in [5.41, 5.74) is 0. The van der Waals surface area contributed by atoms with Gasteiger partial charge in [-0.1, -0.05) is 19.8 Å². The van der Waals surface area contributed by atoms with Crippen LogP contribution in [0.2, 0.25) is 0 Å². The number of rotatable bonds is 5. The number of ether oxygens (including phenoxy) is 1. The third-order valence-corrected chi connectivity index (χ3v) is 3.07. The number of Topliss-reactive ketones (excluding diaryl/α,β-unsaturated/α-hetero) is 1. The van der Waals surface area contributed by atoms with E-state index >= 15 is 0 Å². The van der Waals surface area contributed by atoms with E-state index in [0.717, 1.165) is 19.3 Å². The molecule has 0 N–H and O–H groups in total. The number of unbranched alkanes of at least 4 members (excludes halogenated alkanes) is 2. The van der Waals surface area contributed by atoms with Crippen LogP contribution in [0, 0.1) is 5.92 Å². The third-order valence-electron chi connectivity index (χ3n) is 3.07. The van der Waals surface area contributed by atoms with Gasteiger partial charge in [0.05, 0.1) is 0 Å². The van der Waals surface area contributed by atoms with Crippen LogP contribution in [0.4, 0.5) is 13.2 Å². The molecule has 2 atom stereocenters. The van der Waals surface area contributed by atoms with Crippen molar-refractivity contribution in [3.63, 3.8) is 0 Å². The predicted octanol–water partition coefficient (Wildman–Crippen LogP) is 3.02. The van der Waals surface area contributed by atoms with Crippen LogP contribution >= 0.6 is 0 Å². The van der Waals surface area contributed by atoms with Gasteiger partial charge in [0, 0.05) is 0 Å². The maximum Gasteiger partial charge on any atom is 0.450 e. The van der Waals surface area contributed by atoms with Gasteiger partial charge in [0.25, 0.3) is 0 Å². The molecule has 1 aliphatic rings. The number of carbonyl (C=O) groups excluding carboxylic acids is 2. The molecule has 1 fully saturated rings. The number of alkyl halides is 3. The Bertz CT molecular complexity index is 312. The summed E-state index contributed by atoms with van der Waals surface area (Å²) in [6, 6.07) is 0. The van der Waals surface area contributed by atoms with Gasteiger partial charge >= 0.3 is 12.1 Å². The maximum absolute atomic E-state index is 12.2. The van der Waals surface area contributed by atoms with E-state index in [-0.39, 0.29) is 12.5 Å². The zero-order chi connectivity index (χ0) is 13.8. The first-order chi connectivity index (χ1) is 8.36. The van der Waals surface area contributed by atoms with Crippen molar-refractivity contribution >= 4 is 11.8 Å². The van der Waals surface area contributed by atoms with Gasteiger partial charge in [-0.3, -0.25) is 9.59 Å². The van der Waals surface area contributed by atoms with E-state index in [9.17, 15) is 22.8 Å². The van der Waals surface area contributed by atoms with E-state index in [0.29, 0.717) is 12.8 Å². The molecule has 0 aliphatic carbocycles. The lowest BCUT2D eigenvalue weighted by atomic mass is 9.91. The molecule has 0 amide bonds. The first-order valence-corrected chi connectivity index (χ1v) is 6.17. The molecule has 0 aromatic heterocycles. The highest BCUT2D eigenvalue weighted by molar-refractivity contribution is 6.02. The second-order valence-corrected chi connectivity index (χ2v) is 4.55. The molecule has 0 aromatic carbocycles. The van der Waals surface area contributed by atoms with E-state index < -0.39 is 23.8 Å². The average Bonchev–Trinajstić information content (AvgIpc) is 2.27. The molecule has 1 saturated heterocycles. The molecule has 18 heavy (non-hydrogen) atoms. The molecule has 1 rings (SSSR count). The molecule has 0 bridgehead atoms. The number of ketones is 1. The van der Waals surface area contributed by atoms with Crippen LogP contribution in [0.5, 0.6) is 0 Å². The fraction of sp³-hybridized carbons (Fsp3) is 0.833. The summed E-state index contributed by atoms with van der Waals surface area (Å²) >= 11 is 0. The topological polar surface area (TPSA) is 43.4 Å². The van der Waals surface area contributed by atoms with Crippen LogP contribution in [-0.4, -0.2) is 24.0 Å². The zero-order valence-electron chi connectivity index (χ0n) is 10.3. The molecule has 2 unspecified atom stereocenters. The van der Waals surface area contributed by atoms with Crippen LogP contribution in [0.15, 0.2) is 0 Å². The van der Waals surface area contributed by atoms with Crippen LogP contribution in [0.25, 0.3) is 0 Å². The molecule has 0 aromatic rings. The normalized spacial score (nSPS) is 24.8. The Hall–Kier alpha value is -1.07. The minimum Gasteiger partial charge on any atom is -0.462 e. The Labute approximate surface area is 104 Å². The first kappa shape index (κ1) is 15.0. The maximum atomic E-state index is 12.2. The van der Waals surface area contributed by atoms with Crippen LogP contribution in [-0.2, 0) is 14.3 Å². The van der Waals surface area contributed by atoms with E-state index in [1.807, 2.05) is 6.92 Å². The van der Waals surface area contributed by atoms with Gasteiger partial charge in [-0.2, -0.15) is 13.2 Å². The highest BCUT2D eigenvalue weighted by atomic mass is 19.4. The molecular formula is C12H17F3O3. The van der Waals surface area contributed by atoms with Gasteiger partial charge < -0.3 is 4.74 Å². The van der Waals surface area contributed by atoms with Crippen molar-refractivity contribution in [1.29, 1.82) is 0 Å². The van der Waals surface area contributed by atoms with Gasteiger partial charge in [0.1, 0.15) is 12.0 Å². The Morgan fingerprint density at radius 2 is 2.00 bits per heavy atom. The first-order valence-electron chi connectivity index (χ1n) is 6.17. The fourth-order valence-corrected chi connectivity index (χ4v) is 2.04. The van der Waals surface area contributed by atoms with Crippen LogP contribution in [0.1, 0.15) is 45.4 Å². The number of hydrogen-bond donors (Lipinski definition) is 0. The predicted molar refractivity (Wildman–Crippen MR) is 57.8 cm³/mol. The fourth-order valence-electron chi connectivity index (χ4n) is 2.04. The number of hydrogen-bond acceptors (Lipinski definition) is 3. The molecule has 0 saturated carbocycles. The Kier molecular flexibility index (Phi) is 5.16. The van der Waals surface area contributed by atoms with Crippen molar-refractivity contribution in [2.75, 3.05) is 0 Å². The quantitative estimate of drug-likeness (QED) is 0.436. The molecule has 0 radical (unpaired) electrons. The monoisotopic (exact) mass is 266 g/mol. The molecule has 1 heterocycles. The van der Waals surface area contributed by atoms with E-state index in [2.05, 4.69) is 0 Å². The van der Waals surface area contributed by atoms with Crippen LogP contribution < -0.4 is 0 Å². The van der Waals surface area contributed by atoms with Crippen molar-refractivity contribution in [1.82, 2.24) is 0 Å². The lowest BCUT2D eigenvalue weighted by molar-refractivity contribution is -0.186. The Morgan fingerprint density at radius 1 is 1.33 bits per heavy atom. The average molecular weight is 266 g/mol. The highest BCUT2D eigenvalue weighted by Crippen LogP contribution is 2.30. The zero-order valence-corrected chi connectivity index (χ0v) is 10.3. The van der Waals surface area contributed by atoms with E-state index in [1.165, 1.54) is 0 Å². The summed E-state index contributed by atoms with van der Waals surface area (Å²) in [5, 5.41) is 0. The Morgan fingerprint density at radius 3 is 2.50 bits per heavy atom. The summed E-state index contributed by atoms with van der Waals surface area (Å²) in [6.07, 6.45) is -1.45. The van der Waals surface area contributed by atoms with Gasteiger partial charge in [-0.05, 0) is 25.7 Å². The molecule has 6 heteroatoms. The summed E-state index contributed by atoms with van der Waals surface area (Å²) in [5.74, 6) is -4.67. The van der Waals surface area contributed by atoms with Gasteiger partial charge in [0.15, 0.2) is 0 Å². The van der Waals surface area contributed by atoms with E-state index in [1.54, 1.807) is 0 Å². The third kappa shape index (κ3) is 3.99. The van der Waals surface area contributed by atoms with Crippen molar-refractivity contribution in [2.45, 2.75) is 57.7 Å². The minimum absolute atomic E-state index is 0.0615. The summed E-state index contributed by atoms with van der Waals surface area (Å²) in [7, 11) is 0. The summed E-state index contributed by atoms with van der Waals surface area (Å²) in [4.78, 5) is 22.4. The number of carbonyl (C=O) groups is 2. The molecular weight excluding hydrogens is 249 g/mol. The van der Waals surface area contributed by atoms with Crippen molar-refractivity contribution in [2.24, 2.45) is 5.92 Å². The summed E-state index contributed by atoms with van der Waals surface area (Å²) in [6.45, 7) is 2.03. The lowest BCUT2D eigenvalue weighted by Gasteiger charge is -2.27. The van der Waals surface area contributed by atoms with Crippen molar-refractivity contribution in [3.05, 3.63) is 0 Å². The van der Waals surface area contributed by atoms with Crippen molar-refractivity contribution in [3.8, 4) is 0 Å². The Balaban J connectivity index is 2.47. The highest BCUT2D eigenvalue weighted by Gasteiger charge is 2.48. The van der Waals surface area contributed by atoms with Crippen molar-refractivity contribution < 1.29 is 27.5 Å². The second-order valence-electron chi connectivity index (χ2n) is 4.55. The molecule has 1 aliphatic heterocycles.